The van der Waals surface area contributed by atoms with Crippen LogP contribution in [-0.4, -0.2) is 11.0 Å². The number of phenols is 1. The second kappa shape index (κ2) is 5.92. The van der Waals surface area contributed by atoms with Gasteiger partial charge in [0, 0.05) is 0 Å². The van der Waals surface area contributed by atoms with E-state index in [1.165, 1.54) is 24.3 Å². The topological polar surface area (TPSA) is 49.3 Å². The van der Waals surface area contributed by atoms with E-state index in [-0.39, 0.29) is 22.4 Å². The first-order valence-electron chi connectivity index (χ1n) is 6.03. The first-order chi connectivity index (χ1) is 9.49. The molecule has 0 heterocycles. The number of carbonyl (C=O) groups is 1. The van der Waals surface area contributed by atoms with Crippen LogP contribution in [0.1, 0.15) is 28.9 Å². The summed E-state index contributed by atoms with van der Waals surface area (Å²) in [4.78, 5) is 12.0. The van der Waals surface area contributed by atoms with Gasteiger partial charge in [-0.25, -0.2) is 4.39 Å². The molecule has 20 heavy (non-hydrogen) atoms. The highest BCUT2D eigenvalue weighted by molar-refractivity contribution is 6.30. The molecule has 3 nitrogen and oxygen atoms in total. The van der Waals surface area contributed by atoms with Crippen molar-refractivity contribution in [1.29, 1.82) is 0 Å². The molecule has 2 aromatic rings. The van der Waals surface area contributed by atoms with E-state index in [1.807, 2.05) is 0 Å². The van der Waals surface area contributed by atoms with Crippen molar-refractivity contribution in [2.45, 2.75) is 13.0 Å². The molecule has 0 aliphatic heterocycles. The van der Waals surface area contributed by atoms with Gasteiger partial charge < -0.3 is 10.4 Å². The Morgan fingerprint density at radius 1 is 1.30 bits per heavy atom. The zero-order chi connectivity index (χ0) is 14.7. The summed E-state index contributed by atoms with van der Waals surface area (Å²) in [7, 11) is 0. The van der Waals surface area contributed by atoms with Crippen molar-refractivity contribution in [3.05, 3.63) is 64.4 Å². The van der Waals surface area contributed by atoms with Crippen LogP contribution in [0.15, 0.2) is 42.5 Å². The quantitative estimate of drug-likeness (QED) is 0.907. The maximum absolute atomic E-state index is 13.1. The predicted molar refractivity (Wildman–Crippen MR) is 75.4 cm³/mol. The molecule has 0 aromatic heterocycles. The highest BCUT2D eigenvalue weighted by Gasteiger charge is 2.15. The molecule has 2 aromatic carbocycles. The fraction of sp³-hybridized carbons (Fsp3) is 0.133. The van der Waals surface area contributed by atoms with E-state index in [0.717, 1.165) is 0 Å². The Morgan fingerprint density at radius 3 is 2.65 bits per heavy atom. The Balaban J connectivity index is 2.15. The van der Waals surface area contributed by atoms with E-state index in [2.05, 4.69) is 5.32 Å². The van der Waals surface area contributed by atoms with Crippen LogP contribution in [0.3, 0.4) is 0 Å². The van der Waals surface area contributed by atoms with Gasteiger partial charge in [-0.15, -0.1) is 0 Å². The molecule has 0 bridgehead atoms. The SMILES string of the molecule is CC(NC(=O)c1ccccc1O)c1ccc(F)c(Cl)c1. The molecule has 0 aliphatic rings. The number of benzene rings is 2. The van der Waals surface area contributed by atoms with Crippen LogP contribution in [0.2, 0.25) is 5.02 Å². The van der Waals surface area contributed by atoms with Gasteiger partial charge in [0.25, 0.3) is 5.91 Å². The Hall–Kier alpha value is -2.07. The summed E-state index contributed by atoms with van der Waals surface area (Å²) in [5.74, 6) is -1.000. The largest absolute Gasteiger partial charge is 0.507 e. The lowest BCUT2D eigenvalue weighted by molar-refractivity contribution is 0.0937. The molecule has 0 fully saturated rings. The third-order valence-electron chi connectivity index (χ3n) is 2.94. The summed E-state index contributed by atoms with van der Waals surface area (Å²) < 4.78 is 13.1. The number of rotatable bonds is 3. The molecular weight excluding hydrogens is 281 g/mol. The monoisotopic (exact) mass is 293 g/mol. The van der Waals surface area contributed by atoms with Gasteiger partial charge in [0.15, 0.2) is 0 Å². The Labute approximate surface area is 121 Å². The molecule has 0 saturated heterocycles. The summed E-state index contributed by atoms with van der Waals surface area (Å²) in [5, 5.41) is 12.3. The van der Waals surface area contributed by atoms with Gasteiger partial charge in [-0.3, -0.25) is 4.79 Å². The van der Waals surface area contributed by atoms with E-state index in [4.69, 9.17) is 11.6 Å². The van der Waals surface area contributed by atoms with Gasteiger partial charge >= 0.3 is 0 Å². The van der Waals surface area contributed by atoms with E-state index < -0.39 is 11.7 Å². The number of phenolic OH excluding ortho intramolecular Hbond substituents is 1. The minimum absolute atomic E-state index is 0.00570. The maximum Gasteiger partial charge on any atom is 0.255 e. The highest BCUT2D eigenvalue weighted by Crippen LogP contribution is 2.22. The predicted octanol–water partition coefficient (Wildman–Crippen LogP) is 3.68. The van der Waals surface area contributed by atoms with Crippen molar-refractivity contribution in [3.63, 3.8) is 0 Å². The van der Waals surface area contributed by atoms with Crippen LogP contribution in [0, 0.1) is 5.82 Å². The molecule has 0 spiro atoms. The van der Waals surface area contributed by atoms with Crippen LogP contribution >= 0.6 is 11.6 Å². The molecule has 0 aliphatic carbocycles. The Kier molecular flexibility index (Phi) is 4.25. The van der Waals surface area contributed by atoms with Crippen LogP contribution < -0.4 is 5.32 Å². The summed E-state index contributed by atoms with van der Waals surface area (Å²) in [6, 6.07) is 10.2. The minimum Gasteiger partial charge on any atom is -0.507 e. The zero-order valence-corrected chi connectivity index (χ0v) is 11.5. The van der Waals surface area contributed by atoms with Gasteiger partial charge in [-0.05, 0) is 36.8 Å². The first-order valence-corrected chi connectivity index (χ1v) is 6.40. The lowest BCUT2D eigenvalue weighted by Gasteiger charge is -2.15. The second-order valence-electron chi connectivity index (χ2n) is 4.39. The van der Waals surface area contributed by atoms with E-state index in [1.54, 1.807) is 25.1 Å². The van der Waals surface area contributed by atoms with Crippen molar-refractivity contribution in [2.75, 3.05) is 0 Å². The van der Waals surface area contributed by atoms with E-state index in [9.17, 15) is 14.3 Å². The molecule has 1 amide bonds. The third-order valence-corrected chi connectivity index (χ3v) is 3.23. The van der Waals surface area contributed by atoms with Crippen molar-refractivity contribution >= 4 is 17.5 Å². The van der Waals surface area contributed by atoms with Crippen LogP contribution in [0.25, 0.3) is 0 Å². The number of para-hydroxylation sites is 1. The zero-order valence-electron chi connectivity index (χ0n) is 10.7. The second-order valence-corrected chi connectivity index (χ2v) is 4.79. The van der Waals surface area contributed by atoms with E-state index >= 15 is 0 Å². The van der Waals surface area contributed by atoms with Gasteiger partial charge in [-0.2, -0.15) is 0 Å². The number of aromatic hydroxyl groups is 1. The summed E-state index contributed by atoms with van der Waals surface area (Å²) in [5.41, 5.74) is 0.868. The Bertz CT molecular complexity index is 646. The van der Waals surface area contributed by atoms with Crippen LogP contribution in [-0.2, 0) is 0 Å². The lowest BCUT2D eigenvalue weighted by atomic mass is 10.1. The van der Waals surface area contributed by atoms with Crippen molar-refractivity contribution in [1.82, 2.24) is 5.32 Å². The highest BCUT2D eigenvalue weighted by atomic mass is 35.5. The maximum atomic E-state index is 13.1. The van der Waals surface area contributed by atoms with Crippen molar-refractivity contribution in [2.24, 2.45) is 0 Å². The van der Waals surface area contributed by atoms with Gasteiger partial charge in [0.05, 0.1) is 16.6 Å². The van der Waals surface area contributed by atoms with Gasteiger partial charge in [-0.1, -0.05) is 29.8 Å². The molecule has 0 radical (unpaired) electrons. The van der Waals surface area contributed by atoms with E-state index in [0.29, 0.717) is 5.56 Å². The average Bonchev–Trinajstić information content (AvgIpc) is 2.42. The normalized spacial score (nSPS) is 11.9. The Morgan fingerprint density at radius 2 is 2.00 bits per heavy atom. The number of hydrogen-bond donors (Lipinski definition) is 2. The fourth-order valence-electron chi connectivity index (χ4n) is 1.81. The average molecular weight is 294 g/mol. The fourth-order valence-corrected chi connectivity index (χ4v) is 1.99. The standard InChI is InChI=1S/C15H13ClFNO2/c1-9(10-6-7-13(17)12(16)8-10)18-15(20)11-4-2-3-5-14(11)19/h2-9,19H,1H3,(H,18,20). The third kappa shape index (κ3) is 3.08. The number of carbonyl (C=O) groups excluding carboxylic acids is 1. The van der Waals surface area contributed by atoms with Gasteiger partial charge in [0.2, 0.25) is 0 Å². The number of hydrogen-bond acceptors (Lipinski definition) is 2. The molecule has 5 heteroatoms. The molecular formula is C15H13ClFNO2. The van der Waals surface area contributed by atoms with Crippen molar-refractivity contribution < 1.29 is 14.3 Å². The molecule has 0 saturated carbocycles. The number of nitrogens with one attached hydrogen (secondary N) is 1. The summed E-state index contributed by atoms with van der Waals surface area (Å²) in [6.45, 7) is 1.75. The molecule has 1 atom stereocenters. The molecule has 1 unspecified atom stereocenters. The smallest absolute Gasteiger partial charge is 0.255 e. The van der Waals surface area contributed by atoms with Crippen LogP contribution in [0.4, 0.5) is 4.39 Å². The van der Waals surface area contributed by atoms with Crippen LogP contribution in [0.5, 0.6) is 5.75 Å². The van der Waals surface area contributed by atoms with Gasteiger partial charge in [0.1, 0.15) is 11.6 Å². The number of halogens is 2. The molecule has 104 valence electrons. The molecule has 2 rings (SSSR count). The first kappa shape index (κ1) is 14.3. The summed E-state index contributed by atoms with van der Waals surface area (Å²) >= 11 is 5.71. The van der Waals surface area contributed by atoms with Crippen molar-refractivity contribution in [3.8, 4) is 5.75 Å². The lowest BCUT2D eigenvalue weighted by Crippen LogP contribution is -2.26. The summed E-state index contributed by atoms with van der Waals surface area (Å²) in [6.07, 6.45) is 0. The molecule has 2 N–H and O–H groups in total. The minimum atomic E-state index is -0.505. The number of amides is 1.